The molecule has 3 aromatic rings. The molecule has 0 unspecified atom stereocenters. The van der Waals surface area contributed by atoms with Gasteiger partial charge in [-0.05, 0) is 62.6 Å². The quantitative estimate of drug-likeness (QED) is 0.466. The van der Waals surface area contributed by atoms with Gasteiger partial charge in [-0.2, -0.15) is 4.98 Å². The van der Waals surface area contributed by atoms with E-state index in [1.807, 2.05) is 26.0 Å². The van der Waals surface area contributed by atoms with Crippen molar-refractivity contribution in [3.05, 3.63) is 60.0 Å². The molecule has 204 valence electrons. The van der Waals surface area contributed by atoms with Crippen LogP contribution in [0.5, 0.6) is 5.75 Å². The van der Waals surface area contributed by atoms with E-state index in [1.165, 1.54) is 12.8 Å². The molecule has 3 heterocycles. The Morgan fingerprint density at radius 2 is 1.90 bits per heavy atom. The van der Waals surface area contributed by atoms with Crippen LogP contribution in [-0.4, -0.2) is 53.5 Å². The van der Waals surface area contributed by atoms with Crippen molar-refractivity contribution in [1.82, 2.24) is 20.3 Å². The highest BCUT2D eigenvalue weighted by atomic mass is 16.5. The fourth-order valence-electron chi connectivity index (χ4n) is 5.37. The molecule has 5 rings (SSSR count). The molecule has 2 amide bonds. The highest BCUT2D eigenvalue weighted by molar-refractivity contribution is 6.01. The maximum atomic E-state index is 13.2. The molecule has 0 saturated heterocycles. The molecule has 10 nitrogen and oxygen atoms in total. The summed E-state index contributed by atoms with van der Waals surface area (Å²) in [7, 11) is 3.35. The van der Waals surface area contributed by atoms with E-state index in [-0.39, 0.29) is 11.8 Å². The average Bonchev–Trinajstić information content (AvgIpc) is 3.47. The van der Waals surface area contributed by atoms with Gasteiger partial charge in [0.15, 0.2) is 5.82 Å². The van der Waals surface area contributed by atoms with Crippen molar-refractivity contribution in [3.63, 3.8) is 0 Å². The highest BCUT2D eigenvalue weighted by Crippen LogP contribution is 2.40. The molecule has 10 heteroatoms. The van der Waals surface area contributed by atoms with E-state index in [9.17, 15) is 9.59 Å². The first-order valence-corrected chi connectivity index (χ1v) is 13.3. The van der Waals surface area contributed by atoms with Gasteiger partial charge in [0.05, 0.1) is 24.4 Å². The molecule has 2 N–H and O–H groups in total. The number of fused-ring (bicyclic) bond motifs is 1. The number of nitrogens with one attached hydrogen (secondary N) is 2. The summed E-state index contributed by atoms with van der Waals surface area (Å²) in [6.07, 6.45) is 9.61. The first-order valence-electron chi connectivity index (χ1n) is 13.3. The topological polar surface area (TPSA) is 113 Å². The second-order valence-corrected chi connectivity index (χ2v) is 10.8. The van der Waals surface area contributed by atoms with Gasteiger partial charge in [0.25, 0.3) is 5.91 Å². The van der Waals surface area contributed by atoms with Crippen molar-refractivity contribution >= 4 is 35.0 Å². The third kappa shape index (κ3) is 5.50. The van der Waals surface area contributed by atoms with Gasteiger partial charge >= 0.3 is 0 Å². The number of amides is 2. The second-order valence-electron chi connectivity index (χ2n) is 10.8. The molecule has 1 aliphatic heterocycles. The van der Waals surface area contributed by atoms with Gasteiger partial charge in [0.2, 0.25) is 11.9 Å². The predicted octanol–water partition coefficient (Wildman–Crippen LogP) is 4.31. The Hall–Kier alpha value is -4.21. The summed E-state index contributed by atoms with van der Waals surface area (Å²) in [5.74, 6) is 1.48. The van der Waals surface area contributed by atoms with E-state index in [0.717, 1.165) is 24.2 Å². The number of hydrogen-bond acceptors (Lipinski definition) is 8. The van der Waals surface area contributed by atoms with Crippen LogP contribution in [0.2, 0.25) is 0 Å². The minimum atomic E-state index is -0.553. The monoisotopic (exact) mass is 529 g/mol. The van der Waals surface area contributed by atoms with Crippen LogP contribution in [0, 0.1) is 5.41 Å². The van der Waals surface area contributed by atoms with Crippen molar-refractivity contribution in [1.29, 1.82) is 0 Å². The van der Waals surface area contributed by atoms with Crippen molar-refractivity contribution in [2.24, 2.45) is 5.41 Å². The third-order valence-corrected chi connectivity index (χ3v) is 7.51. The van der Waals surface area contributed by atoms with Gasteiger partial charge in [-0.1, -0.05) is 12.8 Å². The average molecular weight is 530 g/mol. The summed E-state index contributed by atoms with van der Waals surface area (Å²) >= 11 is 0. The number of rotatable bonds is 7. The molecular weight excluding hydrogens is 494 g/mol. The summed E-state index contributed by atoms with van der Waals surface area (Å²) in [6, 6.07) is 9.25. The van der Waals surface area contributed by atoms with Gasteiger partial charge < -0.3 is 25.2 Å². The smallest absolute Gasteiger partial charge is 0.251 e. The number of carbonyl (C=O) groups is 2. The lowest BCUT2D eigenvalue weighted by Gasteiger charge is -2.34. The molecule has 0 radical (unpaired) electrons. The van der Waals surface area contributed by atoms with E-state index < -0.39 is 5.41 Å². The van der Waals surface area contributed by atoms with Crippen LogP contribution in [0.3, 0.4) is 0 Å². The molecule has 1 fully saturated rings. The zero-order chi connectivity index (χ0) is 27.6. The SMILES string of the molecule is COc1cc(C(=O)NCc2ccncc2)ccc1Nc1ncc2c(n1)N(C1CCCC1)CC(C)(C)C(=O)N2C. The highest BCUT2D eigenvalue weighted by Gasteiger charge is 2.41. The zero-order valence-electron chi connectivity index (χ0n) is 22.9. The van der Waals surface area contributed by atoms with Crippen LogP contribution in [0.4, 0.5) is 23.1 Å². The molecular formula is C29H35N7O3. The van der Waals surface area contributed by atoms with Gasteiger partial charge in [-0.3, -0.25) is 14.6 Å². The summed E-state index contributed by atoms with van der Waals surface area (Å²) < 4.78 is 5.59. The lowest BCUT2D eigenvalue weighted by atomic mass is 9.91. The number of hydrogen-bond donors (Lipinski definition) is 2. The van der Waals surface area contributed by atoms with Gasteiger partial charge in [-0.15, -0.1) is 0 Å². The lowest BCUT2D eigenvalue weighted by molar-refractivity contribution is -0.125. The van der Waals surface area contributed by atoms with Gasteiger partial charge in [0, 0.05) is 44.1 Å². The van der Waals surface area contributed by atoms with Crippen LogP contribution in [0.25, 0.3) is 0 Å². The number of benzene rings is 1. The number of aromatic nitrogens is 3. The van der Waals surface area contributed by atoms with Crippen molar-refractivity contribution in [3.8, 4) is 5.75 Å². The van der Waals surface area contributed by atoms with Crippen molar-refractivity contribution in [2.45, 2.75) is 52.1 Å². The molecule has 0 atom stereocenters. The maximum absolute atomic E-state index is 13.2. The first-order chi connectivity index (χ1) is 18.8. The fraction of sp³-hybridized carbons (Fsp3) is 0.414. The molecule has 39 heavy (non-hydrogen) atoms. The zero-order valence-corrected chi connectivity index (χ0v) is 22.9. The third-order valence-electron chi connectivity index (χ3n) is 7.51. The van der Waals surface area contributed by atoms with E-state index in [1.54, 1.807) is 55.8 Å². The Morgan fingerprint density at radius 3 is 2.62 bits per heavy atom. The molecule has 1 aliphatic carbocycles. The van der Waals surface area contributed by atoms with Crippen molar-refractivity contribution < 1.29 is 14.3 Å². The van der Waals surface area contributed by atoms with E-state index >= 15 is 0 Å². The number of methoxy groups -OCH3 is 1. The van der Waals surface area contributed by atoms with Crippen molar-refractivity contribution in [2.75, 3.05) is 35.8 Å². The summed E-state index contributed by atoms with van der Waals surface area (Å²) in [4.78, 5) is 43.4. The number of ether oxygens (including phenoxy) is 1. The Kier molecular flexibility index (Phi) is 7.36. The van der Waals surface area contributed by atoms with Gasteiger partial charge in [-0.25, -0.2) is 4.98 Å². The number of nitrogens with zero attached hydrogens (tertiary/aromatic N) is 5. The second kappa shape index (κ2) is 10.9. The summed E-state index contributed by atoms with van der Waals surface area (Å²) in [5, 5.41) is 6.18. The van der Waals surface area contributed by atoms with E-state index in [0.29, 0.717) is 47.8 Å². The Bertz CT molecular complexity index is 1360. The lowest BCUT2D eigenvalue weighted by Crippen LogP contribution is -2.45. The Balaban J connectivity index is 1.40. The summed E-state index contributed by atoms with van der Waals surface area (Å²) in [5.41, 5.74) is 2.23. The predicted molar refractivity (Wildman–Crippen MR) is 151 cm³/mol. The van der Waals surface area contributed by atoms with Gasteiger partial charge in [0.1, 0.15) is 11.4 Å². The largest absolute Gasteiger partial charge is 0.495 e. The normalized spacial score (nSPS) is 17.0. The van der Waals surface area contributed by atoms with E-state index in [4.69, 9.17) is 9.72 Å². The molecule has 0 bridgehead atoms. The Morgan fingerprint density at radius 1 is 1.15 bits per heavy atom. The number of carbonyl (C=O) groups excluding carboxylic acids is 2. The molecule has 1 aromatic carbocycles. The molecule has 0 spiro atoms. The molecule has 2 aromatic heterocycles. The minimum absolute atomic E-state index is 0.0491. The maximum Gasteiger partial charge on any atom is 0.251 e. The number of anilines is 4. The van der Waals surface area contributed by atoms with Crippen LogP contribution in [0.15, 0.2) is 48.9 Å². The standard InChI is InChI=1S/C29H35N7O3/c1-29(2)18-36(21-7-5-6-8-21)25-23(35(3)27(29)38)17-32-28(34-25)33-22-10-9-20(15-24(22)39-4)26(37)31-16-19-11-13-30-14-12-19/h9-15,17,21H,5-8,16,18H2,1-4H3,(H,31,37)(H,32,33,34). The number of pyridine rings is 1. The first kappa shape index (κ1) is 26.4. The van der Waals surface area contributed by atoms with E-state index in [2.05, 4.69) is 25.5 Å². The molecule has 1 saturated carbocycles. The van der Waals surface area contributed by atoms with Crippen LogP contribution >= 0.6 is 0 Å². The fourth-order valence-corrected chi connectivity index (χ4v) is 5.37. The van der Waals surface area contributed by atoms with Crippen LogP contribution in [0.1, 0.15) is 55.5 Å². The Labute approximate surface area is 228 Å². The minimum Gasteiger partial charge on any atom is -0.495 e. The van der Waals surface area contributed by atoms with Crippen LogP contribution < -0.4 is 25.2 Å². The van der Waals surface area contributed by atoms with Crippen LogP contribution in [-0.2, 0) is 11.3 Å². The summed E-state index contributed by atoms with van der Waals surface area (Å²) in [6.45, 7) is 4.98. The molecule has 2 aliphatic rings.